The molecule has 2 aromatic heterocycles. The van der Waals surface area contributed by atoms with Gasteiger partial charge in [0.1, 0.15) is 0 Å². The molecule has 0 saturated heterocycles. The summed E-state index contributed by atoms with van der Waals surface area (Å²) in [6.45, 7) is 0. The lowest BCUT2D eigenvalue weighted by Crippen LogP contribution is -2.01. The molecule has 7 rings (SSSR count). The van der Waals surface area contributed by atoms with E-state index in [9.17, 15) is 4.55 Å². The second kappa shape index (κ2) is 9.87. The molecular weight excluding hydrogens is 498 g/mol. The Kier molecular flexibility index (Phi) is 5.93. The molecule has 0 bridgehead atoms. The molecule has 1 unspecified atom stereocenters. The summed E-state index contributed by atoms with van der Waals surface area (Å²) in [6.07, 6.45) is 0. The summed E-state index contributed by atoms with van der Waals surface area (Å²) in [4.78, 5) is 11.3. The minimum Gasteiger partial charge on any atom is -0.606 e. The lowest BCUT2D eigenvalue weighted by molar-refractivity contribution is 0.595. The van der Waals surface area contributed by atoms with Gasteiger partial charge in [-0.1, -0.05) is 97.1 Å². The summed E-state index contributed by atoms with van der Waals surface area (Å²) in [5.74, 6) is 0.674. The third kappa shape index (κ3) is 4.38. The SMILES string of the molecule is [O-][S+](c1ccccc1)c1cccc(-c2ccc(-c3cc(-c4ccccc4)nc4nc5ccccc5n34)cc2)c1. The Morgan fingerprint density at radius 2 is 1.15 bits per heavy atom. The van der Waals surface area contributed by atoms with Gasteiger partial charge in [-0.25, -0.2) is 9.97 Å². The molecule has 0 aliphatic heterocycles. The van der Waals surface area contributed by atoms with Crippen molar-refractivity contribution in [2.75, 3.05) is 0 Å². The first-order chi connectivity index (χ1) is 19.2. The molecule has 0 amide bonds. The zero-order chi connectivity index (χ0) is 26.2. The van der Waals surface area contributed by atoms with E-state index in [0.717, 1.165) is 54.5 Å². The highest BCUT2D eigenvalue weighted by Crippen LogP contribution is 2.32. The van der Waals surface area contributed by atoms with Crippen molar-refractivity contribution in [3.05, 3.63) is 140 Å². The van der Waals surface area contributed by atoms with Crippen LogP contribution in [0.1, 0.15) is 0 Å². The van der Waals surface area contributed by atoms with Gasteiger partial charge in [0.15, 0.2) is 9.79 Å². The fraction of sp³-hybridized carbons (Fsp3) is 0. The zero-order valence-electron chi connectivity index (χ0n) is 20.9. The predicted molar refractivity (Wildman–Crippen MR) is 158 cm³/mol. The van der Waals surface area contributed by atoms with Gasteiger partial charge < -0.3 is 4.55 Å². The van der Waals surface area contributed by atoms with Gasteiger partial charge in [-0.3, -0.25) is 4.40 Å². The van der Waals surface area contributed by atoms with Crippen molar-refractivity contribution < 1.29 is 4.55 Å². The van der Waals surface area contributed by atoms with Crippen molar-refractivity contribution in [3.8, 4) is 33.6 Å². The van der Waals surface area contributed by atoms with E-state index in [1.165, 1.54) is 0 Å². The number of aromatic nitrogens is 3. The minimum atomic E-state index is -1.23. The van der Waals surface area contributed by atoms with Gasteiger partial charge in [0, 0.05) is 22.8 Å². The summed E-state index contributed by atoms with van der Waals surface area (Å²) >= 11 is -1.23. The van der Waals surface area contributed by atoms with E-state index in [2.05, 4.69) is 59.0 Å². The van der Waals surface area contributed by atoms with Crippen molar-refractivity contribution >= 4 is 28.0 Å². The third-order valence-electron chi connectivity index (χ3n) is 6.87. The predicted octanol–water partition coefficient (Wildman–Crippen LogP) is 8.05. The van der Waals surface area contributed by atoms with Crippen LogP contribution in [0, 0.1) is 0 Å². The van der Waals surface area contributed by atoms with Crippen LogP contribution in [-0.4, -0.2) is 18.9 Å². The Bertz CT molecular complexity index is 1920. The van der Waals surface area contributed by atoms with Crippen molar-refractivity contribution in [3.63, 3.8) is 0 Å². The quantitative estimate of drug-likeness (QED) is 0.215. The van der Waals surface area contributed by atoms with Crippen LogP contribution in [0.5, 0.6) is 0 Å². The highest BCUT2D eigenvalue weighted by Gasteiger charge is 2.16. The van der Waals surface area contributed by atoms with Crippen LogP contribution >= 0.6 is 0 Å². The van der Waals surface area contributed by atoms with Gasteiger partial charge in [0.2, 0.25) is 5.78 Å². The van der Waals surface area contributed by atoms with Gasteiger partial charge in [0.05, 0.1) is 22.4 Å². The van der Waals surface area contributed by atoms with Crippen molar-refractivity contribution in [2.24, 2.45) is 0 Å². The molecule has 0 fully saturated rings. The molecular formula is C34H23N3OS. The van der Waals surface area contributed by atoms with Crippen LogP contribution in [0.4, 0.5) is 0 Å². The number of imidazole rings is 1. The summed E-state index contributed by atoms with van der Waals surface area (Å²) in [5.41, 5.74) is 8.05. The summed E-state index contributed by atoms with van der Waals surface area (Å²) in [6, 6.07) is 46.5. The van der Waals surface area contributed by atoms with Gasteiger partial charge in [-0.2, -0.15) is 0 Å². The number of fused-ring (bicyclic) bond motifs is 3. The fourth-order valence-corrected chi connectivity index (χ4v) is 6.05. The highest BCUT2D eigenvalue weighted by atomic mass is 32.2. The van der Waals surface area contributed by atoms with Crippen LogP contribution in [0.15, 0.2) is 149 Å². The standard InChI is InChI=1S/C34H23N3OS/c38-39(28-13-5-2-6-14-28)29-15-9-12-27(22-29)24-18-20-26(21-19-24)33-23-31(25-10-3-1-4-11-25)36-34-35-30-16-7-8-17-32(30)37(33)34/h1-23H. The van der Waals surface area contributed by atoms with Gasteiger partial charge in [0.25, 0.3) is 0 Å². The molecule has 186 valence electrons. The maximum absolute atomic E-state index is 13.1. The molecule has 0 saturated carbocycles. The topological polar surface area (TPSA) is 53.2 Å². The first-order valence-electron chi connectivity index (χ1n) is 12.8. The number of rotatable bonds is 5. The summed E-state index contributed by atoms with van der Waals surface area (Å²) < 4.78 is 15.2. The highest BCUT2D eigenvalue weighted by molar-refractivity contribution is 7.91. The van der Waals surface area contributed by atoms with E-state index < -0.39 is 11.2 Å². The average Bonchev–Trinajstić information content (AvgIpc) is 3.40. The Morgan fingerprint density at radius 1 is 0.513 bits per heavy atom. The van der Waals surface area contributed by atoms with Crippen LogP contribution in [-0.2, 0) is 11.2 Å². The number of nitrogens with zero attached hydrogens (tertiary/aromatic N) is 3. The van der Waals surface area contributed by atoms with Crippen LogP contribution in [0.2, 0.25) is 0 Å². The van der Waals surface area contributed by atoms with Crippen LogP contribution in [0.25, 0.3) is 50.5 Å². The Balaban J connectivity index is 1.31. The molecule has 5 aromatic carbocycles. The van der Waals surface area contributed by atoms with Crippen LogP contribution in [0.3, 0.4) is 0 Å². The largest absolute Gasteiger partial charge is 0.606 e. The molecule has 7 aromatic rings. The maximum atomic E-state index is 13.1. The fourth-order valence-electron chi connectivity index (χ4n) is 4.93. The lowest BCUT2D eigenvalue weighted by Gasteiger charge is -2.12. The number of hydrogen-bond acceptors (Lipinski definition) is 3. The van der Waals surface area contributed by atoms with E-state index in [0.29, 0.717) is 5.78 Å². The lowest BCUT2D eigenvalue weighted by atomic mass is 10.0. The molecule has 4 nitrogen and oxygen atoms in total. The monoisotopic (exact) mass is 521 g/mol. The number of para-hydroxylation sites is 2. The van der Waals surface area contributed by atoms with Crippen LogP contribution < -0.4 is 0 Å². The van der Waals surface area contributed by atoms with E-state index in [-0.39, 0.29) is 0 Å². The minimum absolute atomic E-state index is 0.674. The van der Waals surface area contributed by atoms with Gasteiger partial charge in [-0.05, 0) is 53.1 Å². The van der Waals surface area contributed by atoms with Crippen molar-refractivity contribution in [1.82, 2.24) is 14.4 Å². The first-order valence-corrected chi connectivity index (χ1v) is 13.9. The molecule has 0 radical (unpaired) electrons. The smallest absolute Gasteiger partial charge is 0.235 e. The molecule has 0 aliphatic rings. The normalized spacial score (nSPS) is 12.1. The zero-order valence-corrected chi connectivity index (χ0v) is 21.8. The molecule has 1 atom stereocenters. The van der Waals surface area contributed by atoms with E-state index in [1.807, 2.05) is 84.9 Å². The second-order valence-corrected chi connectivity index (χ2v) is 10.8. The Hall–Kier alpha value is -4.71. The first kappa shape index (κ1) is 23.4. The van der Waals surface area contributed by atoms with Crippen molar-refractivity contribution in [1.29, 1.82) is 0 Å². The third-order valence-corrected chi connectivity index (χ3v) is 8.25. The molecule has 2 heterocycles. The summed E-state index contributed by atoms with van der Waals surface area (Å²) in [5, 5.41) is 0. The molecule has 5 heteroatoms. The van der Waals surface area contributed by atoms with Gasteiger partial charge >= 0.3 is 0 Å². The molecule has 0 aliphatic carbocycles. The second-order valence-electron chi connectivity index (χ2n) is 9.32. The Labute approximate surface area is 229 Å². The van der Waals surface area contributed by atoms with Gasteiger partial charge in [-0.15, -0.1) is 0 Å². The molecule has 0 spiro atoms. The Morgan fingerprint density at radius 3 is 1.95 bits per heavy atom. The van der Waals surface area contributed by atoms with Crippen molar-refractivity contribution in [2.45, 2.75) is 9.79 Å². The van der Waals surface area contributed by atoms with E-state index in [1.54, 1.807) is 0 Å². The molecule has 39 heavy (non-hydrogen) atoms. The summed E-state index contributed by atoms with van der Waals surface area (Å²) in [7, 11) is 0. The number of hydrogen-bond donors (Lipinski definition) is 0. The molecule has 0 N–H and O–H groups in total. The maximum Gasteiger partial charge on any atom is 0.235 e. The van der Waals surface area contributed by atoms with E-state index in [4.69, 9.17) is 9.97 Å². The average molecular weight is 522 g/mol. The van der Waals surface area contributed by atoms with E-state index >= 15 is 0 Å². The number of benzene rings is 5.